The zero-order chi connectivity index (χ0) is 19.6. The molecule has 0 spiro atoms. The van der Waals surface area contributed by atoms with Crippen molar-refractivity contribution < 1.29 is 15.3 Å². The first kappa shape index (κ1) is 19.5. The topological polar surface area (TPSA) is 90.3 Å². The lowest BCUT2D eigenvalue weighted by Crippen LogP contribution is -2.24. The SMILES string of the molecule is CC(C)(C)c1csc(=NC2CCCCC2)n1/N=C/c1cc(O)c(O)c(O)c1. The minimum absolute atomic E-state index is 0.104. The second-order valence-corrected chi connectivity index (χ2v) is 8.88. The number of phenols is 3. The van der Waals surface area contributed by atoms with Crippen molar-refractivity contribution in [2.24, 2.45) is 10.1 Å². The number of phenolic OH excluding ortho intramolecular Hbond substituents is 3. The molecule has 0 amide bonds. The summed E-state index contributed by atoms with van der Waals surface area (Å²) in [4.78, 5) is 5.80. The third kappa shape index (κ3) is 4.53. The molecule has 0 saturated heterocycles. The molecule has 2 aromatic rings. The molecular weight excluding hydrogens is 362 g/mol. The number of thiazole rings is 1. The Bertz CT molecular complexity index is 877. The second-order valence-electron chi connectivity index (χ2n) is 8.04. The highest BCUT2D eigenvalue weighted by molar-refractivity contribution is 7.07. The van der Waals surface area contributed by atoms with Crippen molar-refractivity contribution in [3.8, 4) is 17.2 Å². The zero-order valence-corrected chi connectivity index (χ0v) is 16.8. The highest BCUT2D eigenvalue weighted by atomic mass is 32.1. The molecule has 146 valence electrons. The van der Waals surface area contributed by atoms with Gasteiger partial charge >= 0.3 is 0 Å². The van der Waals surface area contributed by atoms with Gasteiger partial charge in [0.1, 0.15) is 0 Å². The molecule has 3 rings (SSSR count). The highest BCUT2D eigenvalue weighted by Crippen LogP contribution is 2.34. The van der Waals surface area contributed by atoms with Crippen molar-refractivity contribution in [2.75, 3.05) is 0 Å². The lowest BCUT2D eigenvalue weighted by atomic mass is 9.93. The normalized spacial score (nSPS) is 17.1. The van der Waals surface area contributed by atoms with Gasteiger partial charge in [0.05, 0.1) is 18.0 Å². The predicted molar refractivity (Wildman–Crippen MR) is 108 cm³/mol. The third-order valence-electron chi connectivity index (χ3n) is 4.74. The first-order chi connectivity index (χ1) is 12.8. The Morgan fingerprint density at radius 1 is 1.07 bits per heavy atom. The van der Waals surface area contributed by atoms with Crippen LogP contribution in [-0.4, -0.2) is 32.3 Å². The number of hydrogen-bond donors (Lipinski definition) is 3. The smallest absolute Gasteiger partial charge is 0.206 e. The lowest BCUT2D eigenvalue weighted by Gasteiger charge is -2.19. The van der Waals surface area contributed by atoms with Crippen LogP contribution < -0.4 is 4.80 Å². The van der Waals surface area contributed by atoms with E-state index in [1.807, 2.05) is 4.68 Å². The Morgan fingerprint density at radius 3 is 2.30 bits per heavy atom. The molecule has 6 nitrogen and oxygen atoms in total. The molecule has 27 heavy (non-hydrogen) atoms. The molecule has 1 heterocycles. The van der Waals surface area contributed by atoms with Gasteiger partial charge in [-0.2, -0.15) is 5.10 Å². The highest BCUT2D eigenvalue weighted by Gasteiger charge is 2.21. The summed E-state index contributed by atoms with van der Waals surface area (Å²) >= 11 is 1.58. The van der Waals surface area contributed by atoms with Gasteiger partial charge in [0.2, 0.25) is 4.80 Å². The van der Waals surface area contributed by atoms with Crippen LogP contribution in [0.2, 0.25) is 0 Å². The summed E-state index contributed by atoms with van der Waals surface area (Å²) in [7, 11) is 0. The Labute approximate surface area is 163 Å². The van der Waals surface area contributed by atoms with Gasteiger partial charge in [-0.05, 0) is 25.0 Å². The van der Waals surface area contributed by atoms with Gasteiger partial charge in [0, 0.05) is 16.4 Å². The molecule has 1 fully saturated rings. The average Bonchev–Trinajstić information content (AvgIpc) is 3.01. The fourth-order valence-corrected chi connectivity index (χ4v) is 4.32. The standard InChI is InChI=1S/C20H27N3O3S/c1-20(2,3)17-12-27-19(22-14-7-5-4-6-8-14)23(17)21-11-13-9-15(24)18(26)16(25)10-13/h9-12,14,24-26H,4-8H2,1-3H3/b21-11+,22-19?. The van der Waals surface area contributed by atoms with Gasteiger partial charge in [-0.3, -0.25) is 4.99 Å². The predicted octanol–water partition coefficient (Wildman–Crippen LogP) is 4.08. The van der Waals surface area contributed by atoms with Crippen molar-refractivity contribution in [1.82, 2.24) is 4.68 Å². The van der Waals surface area contributed by atoms with Crippen LogP contribution >= 0.6 is 11.3 Å². The first-order valence-corrected chi connectivity index (χ1v) is 10.2. The average molecular weight is 390 g/mol. The van der Waals surface area contributed by atoms with Gasteiger partial charge in [0.25, 0.3) is 0 Å². The summed E-state index contributed by atoms with van der Waals surface area (Å²) in [5.74, 6) is -1.29. The summed E-state index contributed by atoms with van der Waals surface area (Å²) in [6, 6.07) is 3.06. The lowest BCUT2D eigenvalue weighted by molar-refractivity contribution is 0.368. The summed E-state index contributed by atoms with van der Waals surface area (Å²) in [5.41, 5.74) is 1.43. The van der Waals surface area contributed by atoms with Crippen LogP contribution in [0.4, 0.5) is 0 Å². The maximum atomic E-state index is 9.70. The molecule has 0 radical (unpaired) electrons. The van der Waals surface area contributed by atoms with E-state index in [4.69, 9.17) is 4.99 Å². The molecule has 1 aromatic heterocycles. The van der Waals surface area contributed by atoms with E-state index in [0.717, 1.165) is 23.3 Å². The van der Waals surface area contributed by atoms with E-state index in [0.29, 0.717) is 11.6 Å². The minimum Gasteiger partial charge on any atom is -0.504 e. The molecule has 0 unspecified atom stereocenters. The van der Waals surface area contributed by atoms with Crippen LogP contribution in [0.25, 0.3) is 0 Å². The summed E-state index contributed by atoms with van der Waals surface area (Å²) in [6.07, 6.45) is 7.52. The van der Waals surface area contributed by atoms with E-state index < -0.39 is 5.75 Å². The summed E-state index contributed by atoms with van der Waals surface area (Å²) < 4.78 is 1.85. The maximum absolute atomic E-state index is 9.70. The van der Waals surface area contributed by atoms with Crippen molar-refractivity contribution in [2.45, 2.75) is 64.3 Å². The fourth-order valence-electron chi connectivity index (χ4n) is 3.19. The van der Waals surface area contributed by atoms with Crippen LogP contribution in [-0.2, 0) is 5.41 Å². The van der Waals surface area contributed by atoms with E-state index in [-0.39, 0.29) is 16.9 Å². The van der Waals surface area contributed by atoms with Gasteiger partial charge in [-0.15, -0.1) is 11.3 Å². The number of aromatic nitrogens is 1. The molecule has 7 heteroatoms. The Balaban J connectivity index is 2.02. The molecule has 0 bridgehead atoms. The number of aromatic hydroxyl groups is 3. The van der Waals surface area contributed by atoms with E-state index in [9.17, 15) is 15.3 Å². The van der Waals surface area contributed by atoms with Crippen LogP contribution in [0, 0.1) is 0 Å². The minimum atomic E-state index is -0.529. The second kappa shape index (κ2) is 7.76. The largest absolute Gasteiger partial charge is 0.504 e. The molecule has 0 atom stereocenters. The number of hydrogen-bond acceptors (Lipinski definition) is 6. The van der Waals surface area contributed by atoms with E-state index in [1.54, 1.807) is 17.6 Å². The first-order valence-electron chi connectivity index (χ1n) is 9.30. The third-order valence-corrected chi connectivity index (χ3v) is 5.57. The molecule has 1 aromatic carbocycles. The van der Waals surface area contributed by atoms with Crippen molar-refractivity contribution in [1.29, 1.82) is 0 Å². The van der Waals surface area contributed by atoms with Gasteiger partial charge in [-0.1, -0.05) is 40.0 Å². The van der Waals surface area contributed by atoms with Gasteiger partial charge in [-0.25, -0.2) is 4.68 Å². The van der Waals surface area contributed by atoms with Crippen LogP contribution in [0.1, 0.15) is 64.1 Å². The maximum Gasteiger partial charge on any atom is 0.206 e. The zero-order valence-electron chi connectivity index (χ0n) is 16.0. The number of benzene rings is 1. The van der Waals surface area contributed by atoms with E-state index in [1.165, 1.54) is 31.4 Å². The molecule has 1 aliphatic rings. The fraction of sp³-hybridized carbons (Fsp3) is 0.500. The Hall–Kier alpha value is -2.28. The Morgan fingerprint density at radius 2 is 1.70 bits per heavy atom. The molecule has 1 aliphatic carbocycles. The summed E-state index contributed by atoms with van der Waals surface area (Å²) in [5, 5.41) is 35.6. The van der Waals surface area contributed by atoms with Crippen LogP contribution in [0.3, 0.4) is 0 Å². The van der Waals surface area contributed by atoms with Gasteiger partial charge in [0.15, 0.2) is 17.2 Å². The van der Waals surface area contributed by atoms with Crippen molar-refractivity contribution >= 4 is 17.6 Å². The van der Waals surface area contributed by atoms with Crippen molar-refractivity contribution in [3.63, 3.8) is 0 Å². The van der Waals surface area contributed by atoms with E-state index in [2.05, 4.69) is 31.3 Å². The number of rotatable bonds is 3. The Kier molecular flexibility index (Phi) is 5.60. The van der Waals surface area contributed by atoms with E-state index >= 15 is 0 Å². The molecule has 1 saturated carbocycles. The molecular formula is C20H27N3O3S. The van der Waals surface area contributed by atoms with Crippen LogP contribution in [0.15, 0.2) is 27.6 Å². The molecule has 3 N–H and O–H groups in total. The quantitative estimate of drug-likeness (QED) is 0.546. The molecule has 0 aliphatic heterocycles. The van der Waals surface area contributed by atoms with Crippen molar-refractivity contribution in [3.05, 3.63) is 33.6 Å². The number of nitrogens with zero attached hydrogens (tertiary/aromatic N) is 3. The summed E-state index contributed by atoms with van der Waals surface area (Å²) in [6.45, 7) is 6.39. The monoisotopic (exact) mass is 389 g/mol. The van der Waals surface area contributed by atoms with Crippen LogP contribution in [0.5, 0.6) is 17.2 Å². The van der Waals surface area contributed by atoms with Gasteiger partial charge < -0.3 is 15.3 Å².